The van der Waals surface area contributed by atoms with Crippen molar-refractivity contribution in [2.75, 3.05) is 26.2 Å². The van der Waals surface area contributed by atoms with Gasteiger partial charge in [-0.2, -0.15) is 0 Å². The monoisotopic (exact) mass is 651 g/mol. The van der Waals surface area contributed by atoms with E-state index in [1.165, 1.54) is 22.2 Å². The molecule has 242 valence electrons. The zero-order valence-corrected chi connectivity index (χ0v) is 27.3. The Hall–Kier alpha value is -4.68. The summed E-state index contributed by atoms with van der Waals surface area (Å²) in [7, 11) is 1.84. The zero-order valence-electron chi connectivity index (χ0n) is 26.5. The average Bonchev–Trinajstić information content (AvgIpc) is 3.74. The Bertz CT molecular complexity index is 1990. The molecule has 47 heavy (non-hydrogen) atoms. The molecular weight excluding hydrogens is 614 g/mol. The van der Waals surface area contributed by atoms with E-state index < -0.39 is 5.60 Å². The van der Waals surface area contributed by atoms with Crippen molar-refractivity contribution in [1.29, 1.82) is 0 Å². The molecule has 1 aromatic carbocycles. The van der Waals surface area contributed by atoms with Gasteiger partial charge in [-0.3, -0.25) is 23.9 Å². The number of nitrogens with zero attached hydrogens (tertiary/aromatic N) is 7. The molecule has 0 aliphatic carbocycles. The number of rotatable bonds is 6. The highest BCUT2D eigenvalue weighted by molar-refractivity contribution is 7.17. The van der Waals surface area contributed by atoms with Crippen molar-refractivity contribution in [1.82, 2.24) is 33.9 Å². The van der Waals surface area contributed by atoms with E-state index >= 15 is 0 Å². The zero-order chi connectivity index (χ0) is 32.7. The van der Waals surface area contributed by atoms with Crippen LogP contribution in [-0.2, 0) is 18.4 Å². The van der Waals surface area contributed by atoms with Gasteiger partial charge < -0.3 is 19.5 Å². The van der Waals surface area contributed by atoms with E-state index in [0.717, 1.165) is 21.8 Å². The van der Waals surface area contributed by atoms with E-state index in [1.807, 2.05) is 66.2 Å². The number of carbonyl (C=O) groups is 2. The van der Waals surface area contributed by atoms with Gasteiger partial charge in [0.2, 0.25) is 5.91 Å². The number of aliphatic hydroxyl groups is 1. The number of likely N-dealkylation sites (tertiary alicyclic amines) is 2. The van der Waals surface area contributed by atoms with Crippen LogP contribution >= 0.6 is 11.3 Å². The van der Waals surface area contributed by atoms with Crippen LogP contribution in [0.3, 0.4) is 0 Å². The third-order valence-electron chi connectivity index (χ3n) is 9.59. The Morgan fingerprint density at radius 2 is 1.81 bits per heavy atom. The fourth-order valence-electron chi connectivity index (χ4n) is 6.94. The Morgan fingerprint density at radius 3 is 2.57 bits per heavy atom. The summed E-state index contributed by atoms with van der Waals surface area (Å²) in [6.07, 6.45) is 7.96. The summed E-state index contributed by atoms with van der Waals surface area (Å²) in [5.41, 5.74) is 1.89. The number of aryl methyl sites for hydroxylation is 2. The maximum atomic E-state index is 14.1. The first kappa shape index (κ1) is 30.9. The minimum absolute atomic E-state index is 0.0462. The summed E-state index contributed by atoms with van der Waals surface area (Å²) < 4.78 is 3.27. The number of thiophene rings is 1. The smallest absolute Gasteiger partial charge is 0.263 e. The van der Waals surface area contributed by atoms with Crippen molar-refractivity contribution in [3.05, 3.63) is 99.9 Å². The summed E-state index contributed by atoms with van der Waals surface area (Å²) in [5.74, 6) is -0.447. The predicted molar refractivity (Wildman–Crippen MR) is 179 cm³/mol. The van der Waals surface area contributed by atoms with Crippen LogP contribution in [0.5, 0.6) is 0 Å². The van der Waals surface area contributed by atoms with E-state index in [1.54, 1.807) is 29.2 Å². The molecular formula is C35H37N7O4S. The molecule has 0 radical (unpaired) electrons. The van der Waals surface area contributed by atoms with Crippen LogP contribution in [0.2, 0.25) is 0 Å². The summed E-state index contributed by atoms with van der Waals surface area (Å²) in [4.78, 5) is 59.3. The van der Waals surface area contributed by atoms with Gasteiger partial charge in [-0.05, 0) is 49.9 Å². The van der Waals surface area contributed by atoms with Gasteiger partial charge in [0.05, 0.1) is 44.9 Å². The fraction of sp³-hybridized carbons (Fsp3) is 0.371. The van der Waals surface area contributed by atoms with Crippen molar-refractivity contribution in [2.45, 2.75) is 44.2 Å². The lowest BCUT2D eigenvalue weighted by Crippen LogP contribution is -2.53. The second-order valence-corrected chi connectivity index (χ2v) is 13.8. The molecule has 0 bridgehead atoms. The summed E-state index contributed by atoms with van der Waals surface area (Å²) in [5, 5.41) is 12.0. The molecule has 0 unspecified atom stereocenters. The van der Waals surface area contributed by atoms with E-state index in [4.69, 9.17) is 0 Å². The van der Waals surface area contributed by atoms with Gasteiger partial charge in [-0.1, -0.05) is 30.3 Å². The van der Waals surface area contributed by atoms with Gasteiger partial charge in [0.25, 0.3) is 11.5 Å². The highest BCUT2D eigenvalue weighted by Gasteiger charge is 2.42. The first-order chi connectivity index (χ1) is 22.7. The van der Waals surface area contributed by atoms with E-state index in [0.29, 0.717) is 61.4 Å². The lowest BCUT2D eigenvalue weighted by atomic mass is 9.79. The average molecular weight is 652 g/mol. The van der Waals surface area contributed by atoms with Crippen LogP contribution in [0, 0.1) is 12.8 Å². The van der Waals surface area contributed by atoms with E-state index in [9.17, 15) is 19.5 Å². The van der Waals surface area contributed by atoms with Gasteiger partial charge in [-0.15, -0.1) is 11.3 Å². The summed E-state index contributed by atoms with van der Waals surface area (Å²) in [6, 6.07) is 15.5. The van der Waals surface area contributed by atoms with Gasteiger partial charge >= 0.3 is 0 Å². The van der Waals surface area contributed by atoms with Gasteiger partial charge in [0.1, 0.15) is 12.0 Å². The second kappa shape index (κ2) is 12.5. The summed E-state index contributed by atoms with van der Waals surface area (Å²) >= 11 is 1.41. The molecule has 2 amide bonds. The number of hydrogen-bond donors (Lipinski definition) is 1. The third kappa shape index (κ3) is 6.10. The molecule has 2 aliphatic rings. The molecule has 1 N–H and O–H groups in total. The lowest BCUT2D eigenvalue weighted by molar-refractivity contribution is -0.142. The van der Waals surface area contributed by atoms with Crippen LogP contribution < -0.4 is 5.56 Å². The van der Waals surface area contributed by atoms with Crippen molar-refractivity contribution in [3.8, 4) is 10.6 Å². The molecule has 0 spiro atoms. The van der Waals surface area contributed by atoms with Crippen molar-refractivity contribution >= 4 is 34.2 Å². The molecule has 4 aromatic heterocycles. The van der Waals surface area contributed by atoms with Gasteiger partial charge in [0.15, 0.2) is 0 Å². The Morgan fingerprint density at radius 1 is 1.02 bits per heavy atom. The summed E-state index contributed by atoms with van der Waals surface area (Å²) in [6.45, 7) is 3.72. The first-order valence-corrected chi connectivity index (χ1v) is 16.8. The largest absolute Gasteiger partial charge is 0.388 e. The van der Waals surface area contributed by atoms with Crippen LogP contribution in [0.4, 0.5) is 0 Å². The predicted octanol–water partition coefficient (Wildman–Crippen LogP) is 3.86. The van der Waals surface area contributed by atoms with Crippen LogP contribution in [-0.4, -0.2) is 82.6 Å². The van der Waals surface area contributed by atoms with Crippen LogP contribution in [0.15, 0.2) is 78.2 Å². The van der Waals surface area contributed by atoms with E-state index in [-0.39, 0.29) is 35.8 Å². The van der Waals surface area contributed by atoms with Crippen molar-refractivity contribution in [3.63, 3.8) is 0 Å². The number of fused-ring (bicyclic) bond motifs is 1. The molecule has 2 fully saturated rings. The highest BCUT2D eigenvalue weighted by Crippen LogP contribution is 2.37. The van der Waals surface area contributed by atoms with Gasteiger partial charge in [-0.25, -0.2) is 9.97 Å². The number of amides is 2. The minimum atomic E-state index is -1.12. The Balaban J connectivity index is 1.04. The van der Waals surface area contributed by atoms with Crippen LogP contribution in [0.1, 0.15) is 46.1 Å². The lowest BCUT2D eigenvalue weighted by Gasteiger charge is -2.43. The van der Waals surface area contributed by atoms with Gasteiger partial charge in [0, 0.05) is 57.5 Å². The standard InChI is InChI=1S/C35H37N7O4S/c1-23-18-36-19-28(38-23)29-8-9-30(47-29)34(45)41-15-11-25(27(20-41)24-6-4-3-5-7-24)32(43)40-16-12-35(46,13-17-40)21-42-22-37-31-26(33(42)44)10-14-39(31)2/h3-10,14,18-19,22,25,27,46H,11-13,15-17,20-21H2,1-2H3/t25-,27+/m1/s1. The molecule has 12 heteroatoms. The first-order valence-electron chi connectivity index (χ1n) is 15.9. The molecule has 2 atom stereocenters. The second-order valence-electron chi connectivity index (χ2n) is 12.8. The number of hydrogen-bond acceptors (Lipinski definition) is 8. The highest BCUT2D eigenvalue weighted by atomic mass is 32.1. The quantitative estimate of drug-likeness (QED) is 0.296. The molecule has 2 saturated heterocycles. The SMILES string of the molecule is Cc1cncc(-c2ccc(C(=O)N3CC[C@@H](C(=O)N4CCC(O)(Cn5cnc6c(ccn6C)c5=O)CC4)[C@H](c4ccccc4)C3)s2)n1. The van der Waals surface area contributed by atoms with E-state index in [2.05, 4.69) is 15.0 Å². The normalized spacial score (nSPS) is 19.6. The minimum Gasteiger partial charge on any atom is -0.388 e. The number of aromatic nitrogens is 5. The molecule has 5 aromatic rings. The molecule has 11 nitrogen and oxygen atoms in total. The topological polar surface area (TPSA) is 126 Å². The number of benzene rings is 1. The Kier molecular flexibility index (Phi) is 8.23. The number of piperidine rings is 2. The molecule has 6 heterocycles. The number of carbonyl (C=O) groups excluding carboxylic acids is 2. The maximum absolute atomic E-state index is 14.1. The molecule has 7 rings (SSSR count). The third-order valence-corrected chi connectivity index (χ3v) is 10.7. The molecule has 0 saturated carbocycles. The fourth-order valence-corrected chi connectivity index (χ4v) is 7.87. The Labute approximate surface area is 276 Å². The molecule has 2 aliphatic heterocycles. The van der Waals surface area contributed by atoms with Crippen LogP contribution in [0.25, 0.3) is 21.6 Å². The maximum Gasteiger partial charge on any atom is 0.263 e. The van der Waals surface area contributed by atoms with Crippen molar-refractivity contribution < 1.29 is 14.7 Å². The van der Waals surface area contributed by atoms with Crippen molar-refractivity contribution in [2.24, 2.45) is 13.0 Å².